The third-order valence-corrected chi connectivity index (χ3v) is 9.48. The van der Waals surface area contributed by atoms with Crippen LogP contribution in [0.2, 0.25) is 0 Å². The molecule has 0 bridgehead atoms. The monoisotopic (exact) mass is 716 g/mol. The van der Waals surface area contributed by atoms with Gasteiger partial charge in [0, 0.05) is 0 Å². The molecule has 11 heteroatoms. The minimum absolute atomic E-state index is 0.247. The van der Waals surface area contributed by atoms with Gasteiger partial charge in [0.05, 0.1) is 25.4 Å². The second kappa shape index (κ2) is 30.1. The van der Waals surface area contributed by atoms with E-state index in [1.807, 2.05) is 0 Å². The molecule has 1 fully saturated rings. The Morgan fingerprint density at radius 2 is 1.20 bits per heavy atom. The number of allylic oxidation sites excluding steroid dienone is 4. The highest BCUT2D eigenvalue weighted by atomic mass is 16.7. The highest BCUT2D eigenvalue weighted by Gasteiger charge is 2.44. The van der Waals surface area contributed by atoms with Gasteiger partial charge < -0.3 is 50.5 Å². The van der Waals surface area contributed by atoms with Crippen LogP contribution in [0.1, 0.15) is 149 Å². The molecule has 0 aromatic carbocycles. The second-order valence-corrected chi connectivity index (χ2v) is 14.0. The van der Waals surface area contributed by atoms with Crippen LogP contribution in [0.5, 0.6) is 0 Å². The molecule has 294 valence electrons. The lowest BCUT2D eigenvalue weighted by molar-refractivity contribution is -0.303. The van der Waals surface area contributed by atoms with E-state index in [0.717, 1.165) is 38.5 Å². The number of nitrogens with one attached hydrogen (secondary N) is 1. The molecular weight excluding hydrogens is 642 g/mol. The molecule has 0 aliphatic carbocycles. The van der Waals surface area contributed by atoms with Crippen LogP contribution in [0, 0.1) is 0 Å². The number of carbonyl (C=O) groups is 1. The van der Waals surface area contributed by atoms with Crippen LogP contribution in [0.25, 0.3) is 0 Å². The third kappa shape index (κ3) is 20.6. The van der Waals surface area contributed by atoms with Crippen molar-refractivity contribution in [3.63, 3.8) is 0 Å². The molecule has 0 aromatic rings. The van der Waals surface area contributed by atoms with Gasteiger partial charge in [-0.25, -0.2) is 0 Å². The van der Waals surface area contributed by atoms with E-state index < -0.39 is 74.2 Å². The SMILES string of the molecule is CCCCCCCC/C=C/CC/C=C/CCCC(O)C(O)C(COC1OC(CO)C(O)C(O)C1O)NC(=O)C(O)CCCCCCCCCC. The fraction of sp³-hybridized carbons (Fsp3) is 0.872. The average Bonchev–Trinajstić information content (AvgIpc) is 3.11. The van der Waals surface area contributed by atoms with Crippen molar-refractivity contribution in [3.8, 4) is 0 Å². The van der Waals surface area contributed by atoms with Crippen molar-refractivity contribution in [3.05, 3.63) is 24.3 Å². The zero-order chi connectivity index (χ0) is 37.0. The molecule has 9 atom stereocenters. The highest BCUT2D eigenvalue weighted by molar-refractivity contribution is 5.80. The van der Waals surface area contributed by atoms with E-state index in [1.54, 1.807) is 0 Å². The summed E-state index contributed by atoms with van der Waals surface area (Å²) < 4.78 is 11.0. The summed E-state index contributed by atoms with van der Waals surface area (Å²) in [5.74, 6) is -0.717. The second-order valence-electron chi connectivity index (χ2n) is 14.0. The van der Waals surface area contributed by atoms with Crippen molar-refractivity contribution >= 4 is 5.91 Å². The van der Waals surface area contributed by atoms with Crippen molar-refractivity contribution in [2.24, 2.45) is 0 Å². The van der Waals surface area contributed by atoms with Gasteiger partial charge >= 0.3 is 0 Å². The lowest BCUT2D eigenvalue weighted by Gasteiger charge is -2.40. The molecule has 0 saturated carbocycles. The maximum absolute atomic E-state index is 12.9. The van der Waals surface area contributed by atoms with Crippen LogP contribution in [0.15, 0.2) is 24.3 Å². The molecule has 0 aromatic heterocycles. The van der Waals surface area contributed by atoms with Crippen molar-refractivity contribution < 1.29 is 50.0 Å². The normalized spacial score (nSPS) is 23.7. The number of aliphatic hydroxyl groups excluding tert-OH is 7. The Labute approximate surface area is 302 Å². The zero-order valence-corrected chi connectivity index (χ0v) is 31.1. The van der Waals surface area contributed by atoms with Crippen molar-refractivity contribution in [1.29, 1.82) is 0 Å². The number of rotatable bonds is 31. The summed E-state index contributed by atoms with van der Waals surface area (Å²) in [5.41, 5.74) is 0. The standard InChI is InChI=1S/C39H73NO10/c1-3-5-7-9-11-13-14-15-16-17-18-19-21-22-24-26-31(42)34(44)30(29-49-39-37(47)36(46)35(45)33(28-41)50-39)40-38(48)32(43)27-25-23-20-12-10-8-6-4-2/h15-16,19,21,30-37,39,41-47H,3-14,17-18,20,22-29H2,1-2H3,(H,40,48)/b16-15+,21-19+. The Kier molecular flexibility index (Phi) is 28.1. The Balaban J connectivity index is 2.59. The number of hydrogen-bond donors (Lipinski definition) is 8. The molecule has 1 heterocycles. The van der Waals surface area contributed by atoms with E-state index >= 15 is 0 Å². The highest BCUT2D eigenvalue weighted by Crippen LogP contribution is 2.23. The summed E-state index contributed by atoms with van der Waals surface area (Å²) in [5, 5.41) is 75.0. The Morgan fingerprint density at radius 1 is 0.680 bits per heavy atom. The summed E-state index contributed by atoms with van der Waals surface area (Å²) in [6.07, 6.45) is 18.3. The van der Waals surface area contributed by atoms with Gasteiger partial charge in [-0.05, 0) is 51.4 Å². The van der Waals surface area contributed by atoms with Gasteiger partial charge in [0.2, 0.25) is 5.91 Å². The summed E-state index contributed by atoms with van der Waals surface area (Å²) in [6, 6.07) is -1.18. The molecule has 1 saturated heterocycles. The zero-order valence-electron chi connectivity index (χ0n) is 31.1. The van der Waals surface area contributed by atoms with Crippen molar-refractivity contribution in [1.82, 2.24) is 5.32 Å². The van der Waals surface area contributed by atoms with Crippen molar-refractivity contribution in [2.45, 2.75) is 204 Å². The smallest absolute Gasteiger partial charge is 0.249 e. The number of carbonyl (C=O) groups excluding carboxylic acids is 1. The minimum atomic E-state index is -1.67. The van der Waals surface area contributed by atoms with Gasteiger partial charge in [-0.3, -0.25) is 4.79 Å². The summed E-state index contributed by atoms with van der Waals surface area (Å²) in [4.78, 5) is 12.9. The molecular formula is C39H73NO10. The molecule has 1 aliphatic rings. The van der Waals surface area contributed by atoms with Gasteiger partial charge in [0.1, 0.15) is 36.6 Å². The first-order valence-electron chi connectivity index (χ1n) is 19.7. The van der Waals surface area contributed by atoms with Crippen LogP contribution in [0.4, 0.5) is 0 Å². The average molecular weight is 716 g/mol. The van der Waals surface area contributed by atoms with E-state index in [9.17, 15) is 40.5 Å². The van der Waals surface area contributed by atoms with Crippen LogP contribution < -0.4 is 5.32 Å². The van der Waals surface area contributed by atoms with Gasteiger partial charge in [-0.1, -0.05) is 122 Å². The van der Waals surface area contributed by atoms with Crippen LogP contribution in [0.3, 0.4) is 0 Å². The third-order valence-electron chi connectivity index (χ3n) is 9.48. The predicted octanol–water partition coefficient (Wildman–Crippen LogP) is 4.71. The molecule has 50 heavy (non-hydrogen) atoms. The van der Waals surface area contributed by atoms with E-state index in [2.05, 4.69) is 43.5 Å². The van der Waals surface area contributed by atoms with E-state index in [4.69, 9.17) is 9.47 Å². The van der Waals surface area contributed by atoms with Gasteiger partial charge in [-0.2, -0.15) is 0 Å². The molecule has 1 amide bonds. The number of hydrogen-bond acceptors (Lipinski definition) is 10. The summed E-state index contributed by atoms with van der Waals surface area (Å²) in [6.45, 7) is 3.33. The lowest BCUT2D eigenvalue weighted by Crippen LogP contribution is -2.60. The summed E-state index contributed by atoms with van der Waals surface area (Å²) in [7, 11) is 0. The van der Waals surface area contributed by atoms with E-state index in [0.29, 0.717) is 19.3 Å². The minimum Gasteiger partial charge on any atom is -0.394 e. The number of amides is 1. The molecule has 11 nitrogen and oxygen atoms in total. The predicted molar refractivity (Wildman–Crippen MR) is 196 cm³/mol. The van der Waals surface area contributed by atoms with E-state index in [-0.39, 0.29) is 12.8 Å². The first kappa shape index (κ1) is 46.6. The first-order valence-corrected chi connectivity index (χ1v) is 19.7. The molecule has 1 rings (SSSR count). The molecule has 9 unspecified atom stereocenters. The largest absolute Gasteiger partial charge is 0.394 e. The van der Waals surface area contributed by atoms with Crippen LogP contribution in [-0.4, -0.2) is 110 Å². The molecule has 1 aliphatic heterocycles. The van der Waals surface area contributed by atoms with Gasteiger partial charge in [0.15, 0.2) is 6.29 Å². The number of unbranched alkanes of at least 4 members (excludes halogenated alkanes) is 15. The quantitative estimate of drug-likeness (QED) is 0.0369. The Hall–Kier alpha value is -1.41. The van der Waals surface area contributed by atoms with Gasteiger partial charge in [-0.15, -0.1) is 0 Å². The number of aliphatic hydroxyl groups is 7. The van der Waals surface area contributed by atoms with Crippen molar-refractivity contribution in [2.75, 3.05) is 13.2 Å². The van der Waals surface area contributed by atoms with E-state index in [1.165, 1.54) is 64.2 Å². The fourth-order valence-electron chi connectivity index (χ4n) is 6.10. The van der Waals surface area contributed by atoms with Crippen LogP contribution >= 0.6 is 0 Å². The fourth-order valence-corrected chi connectivity index (χ4v) is 6.10. The summed E-state index contributed by atoms with van der Waals surface area (Å²) >= 11 is 0. The first-order chi connectivity index (χ1) is 24.2. The Bertz CT molecular complexity index is 872. The number of ether oxygens (including phenoxy) is 2. The lowest BCUT2D eigenvalue weighted by atomic mass is 9.98. The maximum atomic E-state index is 12.9. The molecule has 0 radical (unpaired) electrons. The van der Waals surface area contributed by atoms with Crippen LogP contribution in [-0.2, 0) is 14.3 Å². The maximum Gasteiger partial charge on any atom is 0.249 e. The molecule has 0 spiro atoms. The van der Waals surface area contributed by atoms with Gasteiger partial charge in [0.25, 0.3) is 0 Å². The Morgan fingerprint density at radius 3 is 1.78 bits per heavy atom. The topological polar surface area (TPSA) is 189 Å². The molecule has 8 N–H and O–H groups in total.